The molecule has 2 heteroatoms. The van der Waals surface area contributed by atoms with Crippen LogP contribution in [0.25, 0.3) is 0 Å². The van der Waals surface area contributed by atoms with E-state index in [-0.39, 0.29) is 0 Å². The highest BCUT2D eigenvalue weighted by molar-refractivity contribution is 8.76. The van der Waals surface area contributed by atoms with Crippen LogP contribution in [0, 0.1) is 5.41 Å². The van der Waals surface area contributed by atoms with Gasteiger partial charge in [-0.25, -0.2) is 0 Å². The molecule has 0 amide bonds. The van der Waals surface area contributed by atoms with Gasteiger partial charge in [0.1, 0.15) is 0 Å². The molecule has 0 aliphatic carbocycles. The molecule has 13 heavy (non-hydrogen) atoms. The molecular formula is C11H24S2. The fourth-order valence-electron chi connectivity index (χ4n) is 1.87. The summed E-state index contributed by atoms with van der Waals surface area (Å²) < 4.78 is 0. The Kier molecular flexibility index (Phi) is 8.48. The molecule has 0 unspecified atom stereocenters. The fourth-order valence-corrected chi connectivity index (χ4v) is 3.15. The number of hydrogen-bond acceptors (Lipinski definition) is 2. The minimum absolute atomic E-state index is 0.652. The first kappa shape index (κ1) is 13.7. The predicted octanol–water partition coefficient (Wildman–Crippen LogP) is 4.99. The molecule has 0 N–H and O–H groups in total. The van der Waals surface area contributed by atoms with E-state index in [1.807, 2.05) is 21.6 Å². The van der Waals surface area contributed by atoms with E-state index >= 15 is 0 Å². The van der Waals surface area contributed by atoms with Gasteiger partial charge in [-0.3, -0.25) is 0 Å². The molecule has 0 saturated carbocycles. The van der Waals surface area contributed by atoms with Crippen molar-refractivity contribution in [2.45, 2.75) is 52.9 Å². The molecule has 0 fully saturated rings. The Balaban J connectivity index is 3.68. The average molecular weight is 220 g/mol. The standard InChI is InChI=1S/C11H24S2/c1-5-11(6-2,7-3)9-8-10-13-12-4/h5-10H2,1-4H3. The highest BCUT2D eigenvalue weighted by atomic mass is 33.1. The zero-order valence-corrected chi connectivity index (χ0v) is 11.2. The summed E-state index contributed by atoms with van der Waals surface area (Å²) in [5.41, 5.74) is 0.652. The van der Waals surface area contributed by atoms with Crippen molar-refractivity contribution in [2.75, 3.05) is 12.0 Å². The van der Waals surface area contributed by atoms with Gasteiger partial charge < -0.3 is 0 Å². The van der Waals surface area contributed by atoms with Crippen molar-refractivity contribution in [2.24, 2.45) is 5.41 Å². The third kappa shape index (κ3) is 5.21. The molecule has 0 bridgehead atoms. The van der Waals surface area contributed by atoms with Gasteiger partial charge in [0.25, 0.3) is 0 Å². The predicted molar refractivity (Wildman–Crippen MR) is 68.5 cm³/mol. The van der Waals surface area contributed by atoms with Crippen LogP contribution in [0.1, 0.15) is 52.9 Å². The van der Waals surface area contributed by atoms with Crippen LogP contribution < -0.4 is 0 Å². The highest BCUT2D eigenvalue weighted by Crippen LogP contribution is 2.36. The second-order valence-corrected chi connectivity index (χ2v) is 6.34. The van der Waals surface area contributed by atoms with Gasteiger partial charge in [0, 0.05) is 5.75 Å². The summed E-state index contributed by atoms with van der Waals surface area (Å²) in [5.74, 6) is 1.32. The molecule has 0 atom stereocenters. The van der Waals surface area contributed by atoms with Gasteiger partial charge in [0.05, 0.1) is 0 Å². The minimum Gasteiger partial charge on any atom is -0.0976 e. The quantitative estimate of drug-likeness (QED) is 0.417. The Labute approximate surface area is 92.0 Å². The summed E-state index contributed by atoms with van der Waals surface area (Å²) >= 11 is 0. The van der Waals surface area contributed by atoms with E-state index in [1.54, 1.807) is 0 Å². The third-order valence-corrected chi connectivity index (χ3v) is 5.20. The summed E-state index contributed by atoms with van der Waals surface area (Å²) in [6.45, 7) is 7.03. The monoisotopic (exact) mass is 220 g/mol. The summed E-state index contributed by atoms with van der Waals surface area (Å²) in [4.78, 5) is 0. The lowest BCUT2D eigenvalue weighted by atomic mass is 9.76. The maximum absolute atomic E-state index is 2.34. The Morgan fingerprint density at radius 1 is 1.00 bits per heavy atom. The number of rotatable bonds is 8. The first-order valence-electron chi connectivity index (χ1n) is 5.40. The fraction of sp³-hybridized carbons (Fsp3) is 1.00. The Hall–Kier alpha value is 0.700. The van der Waals surface area contributed by atoms with Crippen molar-refractivity contribution in [1.29, 1.82) is 0 Å². The molecule has 0 saturated heterocycles. The van der Waals surface area contributed by atoms with Crippen LogP contribution in [0.2, 0.25) is 0 Å². The van der Waals surface area contributed by atoms with E-state index in [2.05, 4.69) is 27.0 Å². The second kappa shape index (κ2) is 8.05. The lowest BCUT2D eigenvalue weighted by molar-refractivity contribution is 0.227. The van der Waals surface area contributed by atoms with Gasteiger partial charge >= 0.3 is 0 Å². The number of hydrogen-bond donors (Lipinski definition) is 0. The smallest absolute Gasteiger partial charge is 0.00370 e. The van der Waals surface area contributed by atoms with E-state index in [0.717, 1.165) is 0 Å². The van der Waals surface area contributed by atoms with Gasteiger partial charge in [-0.05, 0) is 24.5 Å². The molecular weight excluding hydrogens is 196 g/mol. The summed E-state index contributed by atoms with van der Waals surface area (Å²) in [5, 5.41) is 0. The van der Waals surface area contributed by atoms with Gasteiger partial charge in [-0.15, -0.1) is 0 Å². The van der Waals surface area contributed by atoms with Crippen LogP contribution in [-0.4, -0.2) is 12.0 Å². The Morgan fingerprint density at radius 3 is 1.92 bits per heavy atom. The summed E-state index contributed by atoms with van der Waals surface area (Å²) in [7, 11) is 3.89. The topological polar surface area (TPSA) is 0 Å². The maximum Gasteiger partial charge on any atom is 0.00370 e. The third-order valence-electron chi connectivity index (χ3n) is 3.30. The molecule has 0 aromatic heterocycles. The lowest BCUT2D eigenvalue weighted by Crippen LogP contribution is -2.17. The molecule has 0 rings (SSSR count). The van der Waals surface area contributed by atoms with Crippen LogP contribution >= 0.6 is 21.6 Å². The van der Waals surface area contributed by atoms with Crippen LogP contribution in [0.15, 0.2) is 0 Å². The molecule has 80 valence electrons. The molecule has 0 aromatic carbocycles. The normalized spacial score (nSPS) is 12.0. The van der Waals surface area contributed by atoms with Crippen molar-refractivity contribution in [1.82, 2.24) is 0 Å². The van der Waals surface area contributed by atoms with Gasteiger partial charge in [0.15, 0.2) is 0 Å². The SMILES string of the molecule is CCC(CC)(CC)CCCSSC. The lowest BCUT2D eigenvalue weighted by Gasteiger charge is -2.30. The Bertz CT molecular complexity index is 100. The zero-order chi connectivity index (χ0) is 10.2. The van der Waals surface area contributed by atoms with Gasteiger partial charge in [-0.2, -0.15) is 0 Å². The van der Waals surface area contributed by atoms with Gasteiger partial charge in [-0.1, -0.05) is 61.6 Å². The first-order valence-corrected chi connectivity index (χ1v) is 8.13. The van der Waals surface area contributed by atoms with E-state index in [9.17, 15) is 0 Å². The zero-order valence-electron chi connectivity index (χ0n) is 9.56. The van der Waals surface area contributed by atoms with Crippen molar-refractivity contribution >= 4 is 21.6 Å². The minimum atomic E-state index is 0.652. The van der Waals surface area contributed by atoms with Crippen LogP contribution in [0.3, 0.4) is 0 Å². The molecule has 0 nitrogen and oxygen atoms in total. The van der Waals surface area contributed by atoms with E-state index in [4.69, 9.17) is 0 Å². The van der Waals surface area contributed by atoms with Crippen LogP contribution in [0.5, 0.6) is 0 Å². The molecule has 0 aromatic rings. The molecule has 0 aliphatic heterocycles. The summed E-state index contributed by atoms with van der Waals surface area (Å²) in [6.07, 6.45) is 9.03. The summed E-state index contributed by atoms with van der Waals surface area (Å²) in [6, 6.07) is 0. The highest BCUT2D eigenvalue weighted by Gasteiger charge is 2.22. The van der Waals surface area contributed by atoms with Crippen LogP contribution in [0.4, 0.5) is 0 Å². The maximum atomic E-state index is 2.34. The molecule has 0 heterocycles. The first-order chi connectivity index (χ1) is 6.24. The van der Waals surface area contributed by atoms with E-state index < -0.39 is 0 Å². The molecule has 0 aliphatic rings. The Morgan fingerprint density at radius 2 is 1.54 bits per heavy atom. The van der Waals surface area contributed by atoms with Crippen molar-refractivity contribution in [3.8, 4) is 0 Å². The van der Waals surface area contributed by atoms with Crippen molar-refractivity contribution in [3.63, 3.8) is 0 Å². The van der Waals surface area contributed by atoms with Crippen molar-refractivity contribution < 1.29 is 0 Å². The van der Waals surface area contributed by atoms with E-state index in [1.165, 1.54) is 37.9 Å². The van der Waals surface area contributed by atoms with Crippen LogP contribution in [-0.2, 0) is 0 Å². The second-order valence-electron chi connectivity index (χ2n) is 3.65. The molecule has 0 spiro atoms. The molecule has 0 radical (unpaired) electrons. The van der Waals surface area contributed by atoms with Gasteiger partial charge in [0.2, 0.25) is 0 Å². The van der Waals surface area contributed by atoms with E-state index in [0.29, 0.717) is 5.41 Å². The van der Waals surface area contributed by atoms with Crippen molar-refractivity contribution in [3.05, 3.63) is 0 Å². The largest absolute Gasteiger partial charge is 0.0976 e. The average Bonchev–Trinajstić information content (AvgIpc) is 2.20.